The molecule has 10 nitrogen and oxygen atoms in total. The summed E-state index contributed by atoms with van der Waals surface area (Å²) >= 11 is 0. The molecule has 0 aromatic carbocycles. The molecule has 0 radical (unpaired) electrons. The molecule has 30 heavy (non-hydrogen) atoms. The minimum Gasteiger partial charge on any atom is -0.394 e. The van der Waals surface area contributed by atoms with Crippen LogP contribution in [0.1, 0.15) is 41.1 Å². The Morgan fingerprint density at radius 3 is 2.67 bits per heavy atom. The highest BCUT2D eigenvalue weighted by atomic mass is 16.5. The quantitative estimate of drug-likeness (QED) is 0.536. The van der Waals surface area contributed by atoms with Crippen molar-refractivity contribution in [2.24, 2.45) is 0 Å². The second-order valence-electron chi connectivity index (χ2n) is 7.24. The van der Waals surface area contributed by atoms with Crippen molar-refractivity contribution >= 4 is 17.6 Å². The van der Waals surface area contributed by atoms with Gasteiger partial charge in [0.25, 0.3) is 5.91 Å². The molecule has 0 saturated carbocycles. The Hall–Kier alpha value is -2.98. The van der Waals surface area contributed by atoms with Crippen molar-refractivity contribution in [3.8, 4) is 0 Å². The fraction of sp³-hybridized carbons (Fsp3) is 0.500. The van der Waals surface area contributed by atoms with Crippen LogP contribution >= 0.6 is 0 Å². The number of pyridine rings is 1. The van der Waals surface area contributed by atoms with Crippen LogP contribution in [0.5, 0.6) is 0 Å². The van der Waals surface area contributed by atoms with Gasteiger partial charge in [0.05, 0.1) is 18.8 Å². The SMILES string of the molecule is Cc1noc(C)c1NC(=O)NCC[C@H]1CC[C@H](NC(=O)c2ccncc2)[C@@H](CO)O1. The van der Waals surface area contributed by atoms with Crippen molar-refractivity contribution in [1.29, 1.82) is 0 Å². The molecule has 4 N–H and O–H groups in total. The average molecular weight is 417 g/mol. The number of carbonyl (C=O) groups excluding carboxylic acids is 2. The Bertz CT molecular complexity index is 837. The Morgan fingerprint density at radius 2 is 2.00 bits per heavy atom. The van der Waals surface area contributed by atoms with E-state index in [4.69, 9.17) is 9.26 Å². The number of ether oxygens (including phenoxy) is 1. The zero-order chi connectivity index (χ0) is 21.5. The first-order valence-electron chi connectivity index (χ1n) is 9.93. The van der Waals surface area contributed by atoms with E-state index in [0.29, 0.717) is 48.5 Å². The van der Waals surface area contributed by atoms with Gasteiger partial charge in [-0.15, -0.1) is 0 Å². The molecule has 3 heterocycles. The molecule has 0 bridgehead atoms. The molecule has 1 fully saturated rings. The van der Waals surface area contributed by atoms with Crippen molar-refractivity contribution in [1.82, 2.24) is 20.8 Å². The molecule has 3 amide bonds. The van der Waals surface area contributed by atoms with Crippen LogP contribution in [0.15, 0.2) is 29.0 Å². The van der Waals surface area contributed by atoms with Gasteiger partial charge >= 0.3 is 6.03 Å². The van der Waals surface area contributed by atoms with Gasteiger partial charge in [-0.05, 0) is 45.2 Å². The molecule has 162 valence electrons. The van der Waals surface area contributed by atoms with E-state index in [1.165, 1.54) is 0 Å². The Kier molecular flexibility index (Phi) is 7.36. The molecule has 1 saturated heterocycles. The topological polar surface area (TPSA) is 139 Å². The minimum atomic E-state index is -0.495. The lowest BCUT2D eigenvalue weighted by Gasteiger charge is -2.36. The summed E-state index contributed by atoms with van der Waals surface area (Å²) in [7, 11) is 0. The number of urea groups is 1. The summed E-state index contributed by atoms with van der Waals surface area (Å²) in [6.45, 7) is 3.69. The van der Waals surface area contributed by atoms with Gasteiger partial charge in [0.1, 0.15) is 17.5 Å². The number of aliphatic hydroxyl groups is 1. The normalized spacial score (nSPS) is 21.1. The first-order valence-corrected chi connectivity index (χ1v) is 9.93. The summed E-state index contributed by atoms with van der Waals surface area (Å²) < 4.78 is 11.0. The number of aromatic nitrogens is 2. The van der Waals surface area contributed by atoms with Gasteiger partial charge in [0.2, 0.25) is 0 Å². The third-order valence-corrected chi connectivity index (χ3v) is 5.08. The molecule has 3 atom stereocenters. The highest BCUT2D eigenvalue weighted by molar-refractivity contribution is 5.94. The van der Waals surface area contributed by atoms with E-state index in [1.54, 1.807) is 38.4 Å². The van der Waals surface area contributed by atoms with E-state index in [2.05, 4.69) is 26.1 Å². The lowest BCUT2D eigenvalue weighted by molar-refractivity contribution is -0.0892. The molecule has 2 aromatic heterocycles. The maximum atomic E-state index is 12.3. The number of aryl methyl sites for hydroxylation is 2. The third kappa shape index (κ3) is 5.55. The number of hydrogen-bond acceptors (Lipinski definition) is 7. The molecule has 0 aliphatic carbocycles. The molecule has 0 unspecified atom stereocenters. The zero-order valence-corrected chi connectivity index (χ0v) is 17.1. The molecule has 1 aliphatic rings. The van der Waals surface area contributed by atoms with Gasteiger partial charge in [0, 0.05) is 24.5 Å². The van der Waals surface area contributed by atoms with E-state index in [9.17, 15) is 14.7 Å². The number of hydrogen-bond donors (Lipinski definition) is 4. The number of anilines is 1. The van der Waals surface area contributed by atoms with E-state index in [-0.39, 0.29) is 30.7 Å². The minimum absolute atomic E-state index is 0.115. The number of rotatable bonds is 7. The summed E-state index contributed by atoms with van der Waals surface area (Å²) in [6.07, 6.45) is 4.49. The molecule has 3 rings (SSSR count). The highest BCUT2D eigenvalue weighted by Crippen LogP contribution is 2.22. The summed E-state index contributed by atoms with van der Waals surface area (Å²) in [5.41, 5.74) is 1.69. The van der Waals surface area contributed by atoms with Crippen LogP contribution in [0, 0.1) is 13.8 Å². The Labute approximate surface area is 174 Å². The standard InChI is InChI=1S/C20H27N5O5/c1-12-18(13(2)30-25-12)24-20(28)22-10-7-15-3-4-16(17(11-26)29-15)23-19(27)14-5-8-21-9-6-14/h5-6,8-9,15-17,26H,3-4,7,10-11H2,1-2H3,(H,23,27)(H2,22,24,28)/t15-,16+,17-/m1/s1. The second kappa shape index (κ2) is 10.2. The van der Waals surface area contributed by atoms with Crippen molar-refractivity contribution in [2.45, 2.75) is 51.4 Å². The Morgan fingerprint density at radius 1 is 1.23 bits per heavy atom. The van der Waals surface area contributed by atoms with E-state index >= 15 is 0 Å². The number of aliphatic hydroxyl groups excluding tert-OH is 1. The molecule has 1 aliphatic heterocycles. The van der Waals surface area contributed by atoms with Crippen LogP contribution < -0.4 is 16.0 Å². The van der Waals surface area contributed by atoms with Crippen LogP contribution in [0.2, 0.25) is 0 Å². The maximum absolute atomic E-state index is 12.3. The van der Waals surface area contributed by atoms with Crippen molar-refractivity contribution in [3.63, 3.8) is 0 Å². The predicted molar refractivity (Wildman–Crippen MR) is 108 cm³/mol. The summed E-state index contributed by atoms with van der Waals surface area (Å²) in [6, 6.07) is 2.65. The molecular weight excluding hydrogens is 390 g/mol. The number of carbonyl (C=O) groups is 2. The first kappa shape index (κ1) is 21.7. The lowest BCUT2D eigenvalue weighted by Crippen LogP contribution is -2.51. The van der Waals surface area contributed by atoms with Gasteiger partial charge < -0.3 is 30.3 Å². The molecule has 0 spiro atoms. The smallest absolute Gasteiger partial charge is 0.319 e. The van der Waals surface area contributed by atoms with Crippen LogP contribution in [0.25, 0.3) is 0 Å². The van der Waals surface area contributed by atoms with Crippen molar-refractivity contribution in [2.75, 3.05) is 18.5 Å². The lowest BCUT2D eigenvalue weighted by atomic mass is 9.97. The van der Waals surface area contributed by atoms with Gasteiger partial charge in [-0.1, -0.05) is 5.16 Å². The van der Waals surface area contributed by atoms with Crippen molar-refractivity contribution < 1.29 is 24.0 Å². The Balaban J connectivity index is 1.42. The fourth-order valence-electron chi connectivity index (χ4n) is 3.43. The average Bonchev–Trinajstić information content (AvgIpc) is 3.07. The van der Waals surface area contributed by atoms with Crippen molar-refractivity contribution in [3.05, 3.63) is 41.5 Å². The van der Waals surface area contributed by atoms with Crippen LogP contribution in [-0.4, -0.2) is 58.6 Å². The van der Waals surface area contributed by atoms with Crippen LogP contribution in [-0.2, 0) is 4.74 Å². The van der Waals surface area contributed by atoms with Crippen LogP contribution in [0.3, 0.4) is 0 Å². The maximum Gasteiger partial charge on any atom is 0.319 e. The fourth-order valence-corrected chi connectivity index (χ4v) is 3.43. The third-order valence-electron chi connectivity index (χ3n) is 5.08. The van der Waals surface area contributed by atoms with Gasteiger partial charge in [-0.3, -0.25) is 9.78 Å². The zero-order valence-electron chi connectivity index (χ0n) is 17.1. The van der Waals surface area contributed by atoms with E-state index in [0.717, 1.165) is 0 Å². The largest absolute Gasteiger partial charge is 0.394 e. The number of nitrogens with zero attached hydrogens (tertiary/aromatic N) is 2. The molecule has 10 heteroatoms. The van der Waals surface area contributed by atoms with Gasteiger partial charge in [0.15, 0.2) is 5.76 Å². The number of amides is 3. The molecule has 2 aromatic rings. The first-order chi connectivity index (χ1) is 14.5. The number of nitrogens with one attached hydrogen (secondary N) is 3. The predicted octanol–water partition coefficient (Wildman–Crippen LogP) is 1.54. The highest BCUT2D eigenvalue weighted by Gasteiger charge is 2.32. The van der Waals surface area contributed by atoms with Gasteiger partial charge in [-0.25, -0.2) is 4.79 Å². The summed E-state index contributed by atoms with van der Waals surface area (Å²) in [4.78, 5) is 28.3. The van der Waals surface area contributed by atoms with Crippen LogP contribution in [0.4, 0.5) is 10.5 Å². The summed E-state index contributed by atoms with van der Waals surface area (Å²) in [5.74, 6) is 0.324. The summed E-state index contributed by atoms with van der Waals surface area (Å²) in [5, 5.41) is 21.9. The van der Waals surface area contributed by atoms with E-state index in [1.807, 2.05) is 0 Å². The van der Waals surface area contributed by atoms with Gasteiger partial charge in [-0.2, -0.15) is 0 Å². The molecular formula is C20H27N5O5. The van der Waals surface area contributed by atoms with E-state index < -0.39 is 6.10 Å². The monoisotopic (exact) mass is 417 g/mol. The second-order valence-corrected chi connectivity index (χ2v) is 7.24.